The first-order valence-corrected chi connectivity index (χ1v) is 7.81. The molecule has 1 fully saturated rings. The second kappa shape index (κ2) is 6.41. The maximum Gasteiger partial charge on any atom is 0.274 e. The monoisotopic (exact) mass is 290 g/mol. The summed E-state index contributed by atoms with van der Waals surface area (Å²) in [6.45, 7) is 10.1. The van der Waals surface area contributed by atoms with Crippen molar-refractivity contribution >= 4 is 11.6 Å². The molecule has 0 bridgehead atoms. The molecule has 1 saturated heterocycles. The van der Waals surface area contributed by atoms with Crippen LogP contribution in [0, 0.1) is 11.8 Å². The number of nitrogens with two attached hydrogens (primary N) is 1. The van der Waals surface area contributed by atoms with Crippen LogP contribution in [0.25, 0.3) is 0 Å². The molecule has 0 unspecified atom stereocenters. The first-order valence-electron chi connectivity index (χ1n) is 7.81. The van der Waals surface area contributed by atoms with Gasteiger partial charge in [-0.1, -0.05) is 27.7 Å². The Kier molecular flexibility index (Phi) is 4.80. The van der Waals surface area contributed by atoms with Crippen LogP contribution >= 0.6 is 0 Å². The predicted octanol–water partition coefficient (Wildman–Crippen LogP) is 2.69. The Hall–Kier alpha value is -1.65. The summed E-state index contributed by atoms with van der Waals surface area (Å²) >= 11 is 0. The van der Waals surface area contributed by atoms with Crippen molar-refractivity contribution < 1.29 is 4.79 Å². The fourth-order valence-corrected chi connectivity index (χ4v) is 2.77. The summed E-state index contributed by atoms with van der Waals surface area (Å²) in [6.07, 6.45) is 3.67. The molecule has 5 nitrogen and oxygen atoms in total. The van der Waals surface area contributed by atoms with Crippen LogP contribution in [0.2, 0.25) is 0 Å². The summed E-state index contributed by atoms with van der Waals surface area (Å²) in [5, 5.41) is 0. The molecule has 2 heterocycles. The number of nitrogen functional groups attached to an aromatic ring is 1. The second-order valence-corrected chi connectivity index (χ2v) is 6.56. The zero-order chi connectivity index (χ0) is 15.6. The minimum atomic E-state index is -0.0565. The molecule has 5 heteroatoms. The van der Waals surface area contributed by atoms with Crippen LogP contribution in [-0.2, 0) is 0 Å². The highest BCUT2D eigenvalue weighted by Gasteiger charge is 2.27. The van der Waals surface area contributed by atoms with Gasteiger partial charge in [-0.15, -0.1) is 0 Å². The Labute approximate surface area is 127 Å². The molecule has 0 saturated carbocycles. The molecule has 1 aliphatic heterocycles. The lowest BCUT2D eigenvalue weighted by Gasteiger charge is -2.33. The third-order valence-corrected chi connectivity index (χ3v) is 4.32. The molecular weight excluding hydrogens is 264 g/mol. The van der Waals surface area contributed by atoms with Crippen LogP contribution in [0.1, 0.15) is 62.8 Å². The van der Waals surface area contributed by atoms with Gasteiger partial charge in [0.1, 0.15) is 5.82 Å². The average Bonchev–Trinajstić information content (AvgIpc) is 2.47. The van der Waals surface area contributed by atoms with Crippen LogP contribution in [-0.4, -0.2) is 33.9 Å². The maximum atomic E-state index is 12.6. The Morgan fingerprint density at radius 3 is 2.43 bits per heavy atom. The fourth-order valence-electron chi connectivity index (χ4n) is 2.77. The number of hydrogen-bond donors (Lipinski definition) is 1. The van der Waals surface area contributed by atoms with Crippen molar-refractivity contribution in [2.45, 2.75) is 46.5 Å². The molecule has 116 valence electrons. The van der Waals surface area contributed by atoms with Gasteiger partial charge in [0, 0.05) is 19.0 Å². The van der Waals surface area contributed by atoms with E-state index in [1.54, 1.807) is 6.20 Å². The van der Waals surface area contributed by atoms with Gasteiger partial charge in [0.05, 0.1) is 11.9 Å². The first-order chi connectivity index (χ1) is 9.90. The molecule has 1 aromatic heterocycles. The highest BCUT2D eigenvalue weighted by molar-refractivity contribution is 5.97. The van der Waals surface area contributed by atoms with Gasteiger partial charge in [0.25, 0.3) is 5.91 Å². The summed E-state index contributed by atoms with van der Waals surface area (Å²) in [5.74, 6) is 2.19. The van der Waals surface area contributed by atoms with Gasteiger partial charge in [-0.3, -0.25) is 4.79 Å². The van der Waals surface area contributed by atoms with Crippen molar-refractivity contribution in [1.82, 2.24) is 14.9 Å². The standard InChI is InChI=1S/C16H26N4O/c1-10(2)12-5-7-20(8-6-12)16(21)14-13(17)9-18-15(19-14)11(3)4/h9-12H,5-8,17H2,1-4H3. The van der Waals surface area contributed by atoms with E-state index < -0.39 is 0 Å². The molecule has 0 aliphatic carbocycles. The number of aromatic nitrogens is 2. The van der Waals surface area contributed by atoms with Gasteiger partial charge in [0.2, 0.25) is 0 Å². The van der Waals surface area contributed by atoms with Crippen molar-refractivity contribution in [1.29, 1.82) is 0 Å². The number of nitrogens with zero attached hydrogens (tertiary/aromatic N) is 3. The smallest absolute Gasteiger partial charge is 0.274 e. The molecule has 21 heavy (non-hydrogen) atoms. The third kappa shape index (κ3) is 3.52. The SMILES string of the molecule is CC(C)c1ncc(N)c(C(=O)N2CCC(C(C)C)CC2)n1. The lowest BCUT2D eigenvalue weighted by Crippen LogP contribution is -2.40. The van der Waals surface area contributed by atoms with Gasteiger partial charge in [-0.2, -0.15) is 0 Å². The van der Waals surface area contributed by atoms with Crippen LogP contribution in [0.4, 0.5) is 5.69 Å². The van der Waals surface area contributed by atoms with Gasteiger partial charge >= 0.3 is 0 Å². The van der Waals surface area contributed by atoms with E-state index in [0.717, 1.165) is 25.9 Å². The Balaban J connectivity index is 2.12. The van der Waals surface area contributed by atoms with Crippen molar-refractivity contribution in [3.8, 4) is 0 Å². The Bertz CT molecular complexity index is 505. The summed E-state index contributed by atoms with van der Waals surface area (Å²) in [4.78, 5) is 23.1. The normalized spacial score (nSPS) is 16.8. The number of hydrogen-bond acceptors (Lipinski definition) is 4. The van der Waals surface area contributed by atoms with E-state index in [1.165, 1.54) is 0 Å². The summed E-state index contributed by atoms with van der Waals surface area (Å²) in [6, 6.07) is 0. The number of carbonyl (C=O) groups excluding carboxylic acids is 1. The molecule has 0 atom stereocenters. The first kappa shape index (κ1) is 15.7. The molecule has 1 aromatic rings. The molecule has 0 radical (unpaired) electrons. The molecule has 0 aromatic carbocycles. The summed E-state index contributed by atoms with van der Waals surface area (Å²) in [7, 11) is 0. The summed E-state index contributed by atoms with van der Waals surface area (Å²) in [5.41, 5.74) is 6.63. The molecule has 2 N–H and O–H groups in total. The van der Waals surface area contributed by atoms with Crippen LogP contribution in [0.3, 0.4) is 0 Å². The van der Waals surface area contributed by atoms with Crippen LogP contribution in [0.15, 0.2) is 6.20 Å². The van der Waals surface area contributed by atoms with Crippen LogP contribution < -0.4 is 5.73 Å². The maximum absolute atomic E-state index is 12.6. The molecule has 0 spiro atoms. The number of piperidine rings is 1. The van der Waals surface area contributed by atoms with Gasteiger partial charge in [0.15, 0.2) is 5.69 Å². The number of amides is 1. The van der Waals surface area contributed by atoms with E-state index in [9.17, 15) is 4.79 Å². The van der Waals surface area contributed by atoms with Gasteiger partial charge in [-0.05, 0) is 24.7 Å². The van der Waals surface area contributed by atoms with E-state index >= 15 is 0 Å². The van der Waals surface area contributed by atoms with E-state index in [4.69, 9.17) is 5.73 Å². The lowest BCUT2D eigenvalue weighted by molar-refractivity contribution is 0.0662. The predicted molar refractivity (Wildman–Crippen MR) is 84.0 cm³/mol. The van der Waals surface area contributed by atoms with Crippen LogP contribution in [0.5, 0.6) is 0 Å². The van der Waals surface area contributed by atoms with Crippen molar-refractivity contribution in [2.24, 2.45) is 11.8 Å². The van der Waals surface area contributed by atoms with E-state index in [-0.39, 0.29) is 11.8 Å². The topological polar surface area (TPSA) is 72.1 Å². The quantitative estimate of drug-likeness (QED) is 0.929. The second-order valence-electron chi connectivity index (χ2n) is 6.56. The number of likely N-dealkylation sites (tertiary alicyclic amines) is 1. The average molecular weight is 290 g/mol. The van der Waals surface area contributed by atoms with Crippen molar-refractivity contribution in [3.63, 3.8) is 0 Å². The molecular formula is C16H26N4O. The number of rotatable bonds is 3. The van der Waals surface area contributed by atoms with Gasteiger partial charge < -0.3 is 10.6 Å². The van der Waals surface area contributed by atoms with Crippen molar-refractivity contribution in [2.75, 3.05) is 18.8 Å². The molecule has 1 aliphatic rings. The van der Waals surface area contributed by atoms with Gasteiger partial charge in [-0.25, -0.2) is 9.97 Å². The zero-order valence-electron chi connectivity index (χ0n) is 13.5. The molecule has 1 amide bonds. The minimum absolute atomic E-state index is 0.0565. The van der Waals surface area contributed by atoms with E-state index in [2.05, 4.69) is 23.8 Å². The van der Waals surface area contributed by atoms with E-state index in [1.807, 2.05) is 18.7 Å². The molecule has 2 rings (SSSR count). The third-order valence-electron chi connectivity index (χ3n) is 4.32. The highest BCUT2D eigenvalue weighted by Crippen LogP contribution is 2.26. The Morgan fingerprint density at radius 2 is 1.90 bits per heavy atom. The van der Waals surface area contributed by atoms with E-state index in [0.29, 0.717) is 29.0 Å². The summed E-state index contributed by atoms with van der Waals surface area (Å²) < 4.78 is 0. The lowest BCUT2D eigenvalue weighted by atomic mass is 9.86. The largest absolute Gasteiger partial charge is 0.396 e. The van der Waals surface area contributed by atoms with Crippen molar-refractivity contribution in [3.05, 3.63) is 17.7 Å². The Morgan fingerprint density at radius 1 is 1.29 bits per heavy atom. The number of carbonyl (C=O) groups is 1. The minimum Gasteiger partial charge on any atom is -0.396 e. The zero-order valence-corrected chi connectivity index (χ0v) is 13.5. The number of anilines is 1. The highest BCUT2D eigenvalue weighted by atomic mass is 16.2. The fraction of sp³-hybridized carbons (Fsp3) is 0.688.